The zero-order valence-corrected chi connectivity index (χ0v) is 30.8. The lowest BCUT2D eigenvalue weighted by atomic mass is 10.0. The van der Waals surface area contributed by atoms with E-state index in [0.29, 0.717) is 58.4 Å². The normalized spacial score (nSPS) is 11.6. The first-order valence-corrected chi connectivity index (χ1v) is 18.6. The molecular weight excluding hydrogens is 729 g/mol. The Bertz CT molecular complexity index is 2300. The van der Waals surface area contributed by atoms with Crippen LogP contribution in [-0.2, 0) is 27.8 Å². The number of benzene rings is 4. The van der Waals surface area contributed by atoms with Crippen molar-refractivity contribution < 1.29 is 37.5 Å². The van der Waals surface area contributed by atoms with Crippen molar-refractivity contribution in [2.75, 3.05) is 30.9 Å². The molecule has 16 nitrogen and oxygen atoms in total. The van der Waals surface area contributed by atoms with Gasteiger partial charge in [-0.1, -0.05) is 36.4 Å². The largest absolute Gasteiger partial charge is 0.493 e. The van der Waals surface area contributed by atoms with E-state index in [0.717, 1.165) is 11.3 Å². The van der Waals surface area contributed by atoms with Crippen molar-refractivity contribution in [2.24, 2.45) is 20.5 Å². The van der Waals surface area contributed by atoms with Crippen molar-refractivity contribution in [1.82, 2.24) is 15.0 Å². The fraction of sp³-hybridized carbons (Fsp3) is 0.237. The van der Waals surface area contributed by atoms with E-state index in [1.54, 1.807) is 25.2 Å². The van der Waals surface area contributed by atoms with E-state index in [-0.39, 0.29) is 37.5 Å². The molecule has 284 valence electrons. The number of likely N-dealkylation sites (N-methyl/N-ethyl adjacent to an activating group) is 1. The Morgan fingerprint density at radius 3 is 2.09 bits per heavy atom. The molecule has 0 amide bonds. The number of carboxylic acid groups (broad SMARTS) is 2. The highest BCUT2D eigenvalue weighted by Gasteiger charge is 2.17. The molecule has 0 aliphatic carbocycles. The van der Waals surface area contributed by atoms with Crippen LogP contribution < -0.4 is 9.64 Å². The predicted molar refractivity (Wildman–Crippen MR) is 203 cm³/mol. The molecular formula is C38H38N8O8S. The Morgan fingerprint density at radius 2 is 1.42 bits per heavy atom. The molecule has 55 heavy (non-hydrogen) atoms. The van der Waals surface area contributed by atoms with Crippen LogP contribution in [0.15, 0.2) is 111 Å². The van der Waals surface area contributed by atoms with Crippen molar-refractivity contribution in [3.63, 3.8) is 0 Å². The summed E-state index contributed by atoms with van der Waals surface area (Å²) in [5.41, 5.74) is 4.43. The molecule has 1 aromatic heterocycles. The minimum Gasteiger partial charge on any atom is -0.493 e. The molecule has 5 aromatic rings. The minimum atomic E-state index is -4.13. The summed E-state index contributed by atoms with van der Waals surface area (Å²) in [6.45, 7) is 1.57. The van der Waals surface area contributed by atoms with Crippen LogP contribution in [0, 0.1) is 6.92 Å². The number of carboxylic acids is 2. The van der Waals surface area contributed by atoms with E-state index in [1.807, 2.05) is 67.6 Å². The fourth-order valence-electron chi connectivity index (χ4n) is 5.20. The monoisotopic (exact) mass is 766 g/mol. The van der Waals surface area contributed by atoms with Crippen molar-refractivity contribution in [3.8, 4) is 5.75 Å². The van der Waals surface area contributed by atoms with E-state index >= 15 is 0 Å². The summed E-state index contributed by atoms with van der Waals surface area (Å²) in [5, 5.41) is 35.9. The van der Waals surface area contributed by atoms with Gasteiger partial charge in [0.1, 0.15) is 23.9 Å². The molecule has 3 N–H and O–H groups in total. The number of azo groups is 2. The standard InChI is InChI=1S/C38H38N8O8S/c1-25-19-28(33(54-17-6-7-18-55(51,52)53)23-32(25)45-44-31-12-8-9-27(21-31)37(49)50)22-35-39-34(40-38(41-35)46(2)24-36(47)48)20-26-13-15-30(16-14-26)43-42-29-10-4-3-5-11-29/h3-5,8-16,19,21,23H,6-7,17-18,20,22,24H2,1-2H3,(H,47,48)(H,49,50)(H,51,52,53). The first-order chi connectivity index (χ1) is 26.3. The first kappa shape index (κ1) is 39.7. The van der Waals surface area contributed by atoms with E-state index in [9.17, 15) is 28.2 Å². The van der Waals surface area contributed by atoms with Gasteiger partial charge >= 0.3 is 11.9 Å². The summed E-state index contributed by atoms with van der Waals surface area (Å²) in [5.74, 6) is -1.29. The van der Waals surface area contributed by atoms with Crippen molar-refractivity contribution in [3.05, 3.63) is 125 Å². The number of anilines is 1. The highest BCUT2D eigenvalue weighted by molar-refractivity contribution is 7.85. The maximum Gasteiger partial charge on any atom is 0.335 e. The number of aryl methyl sites for hydroxylation is 1. The molecule has 0 aliphatic heterocycles. The molecule has 17 heteroatoms. The van der Waals surface area contributed by atoms with E-state index in [1.165, 1.54) is 17.0 Å². The molecule has 4 aromatic carbocycles. The molecule has 0 unspecified atom stereocenters. The molecule has 0 bridgehead atoms. The maximum atomic E-state index is 11.6. The molecule has 0 fully saturated rings. The van der Waals surface area contributed by atoms with Gasteiger partial charge in [0.2, 0.25) is 5.95 Å². The van der Waals surface area contributed by atoms with Gasteiger partial charge in [0.15, 0.2) is 0 Å². The minimum absolute atomic E-state index is 0.0600. The third kappa shape index (κ3) is 12.6. The lowest BCUT2D eigenvalue weighted by Crippen LogP contribution is -2.28. The molecule has 0 spiro atoms. The van der Waals surface area contributed by atoms with Crippen molar-refractivity contribution >= 4 is 50.8 Å². The van der Waals surface area contributed by atoms with Crippen LogP contribution >= 0.6 is 0 Å². The highest BCUT2D eigenvalue weighted by Crippen LogP contribution is 2.32. The van der Waals surface area contributed by atoms with Crippen LogP contribution in [-0.4, -0.2) is 76.0 Å². The zero-order valence-electron chi connectivity index (χ0n) is 30.0. The smallest absolute Gasteiger partial charge is 0.335 e. The lowest BCUT2D eigenvalue weighted by molar-refractivity contribution is -0.135. The lowest BCUT2D eigenvalue weighted by Gasteiger charge is -2.17. The zero-order chi connectivity index (χ0) is 39.4. The number of nitrogens with zero attached hydrogens (tertiary/aromatic N) is 8. The highest BCUT2D eigenvalue weighted by atomic mass is 32.2. The van der Waals surface area contributed by atoms with Gasteiger partial charge in [-0.3, -0.25) is 9.35 Å². The average Bonchev–Trinajstić information content (AvgIpc) is 3.14. The number of ether oxygens (including phenoxy) is 1. The van der Waals surface area contributed by atoms with Crippen LogP contribution in [0.4, 0.5) is 28.7 Å². The van der Waals surface area contributed by atoms with Gasteiger partial charge in [-0.05, 0) is 79.4 Å². The van der Waals surface area contributed by atoms with Crippen LogP contribution in [0.1, 0.15) is 51.5 Å². The number of aromatic carboxylic acids is 1. The van der Waals surface area contributed by atoms with Crippen LogP contribution in [0.2, 0.25) is 0 Å². The van der Waals surface area contributed by atoms with E-state index < -0.39 is 27.8 Å². The van der Waals surface area contributed by atoms with Crippen molar-refractivity contribution in [1.29, 1.82) is 0 Å². The molecule has 0 atom stereocenters. The number of rotatable bonds is 18. The summed E-state index contributed by atoms with van der Waals surface area (Å²) in [6.07, 6.45) is 0.928. The second kappa shape index (κ2) is 18.5. The van der Waals surface area contributed by atoms with E-state index in [2.05, 4.69) is 30.4 Å². The molecule has 0 saturated carbocycles. The van der Waals surface area contributed by atoms with E-state index in [4.69, 9.17) is 14.3 Å². The third-order valence-electron chi connectivity index (χ3n) is 7.91. The van der Waals surface area contributed by atoms with Gasteiger partial charge in [0.05, 0.1) is 40.7 Å². The SMILES string of the molecule is Cc1cc(Cc2nc(Cc3ccc(N=Nc4ccccc4)cc3)nc(N(C)CC(=O)O)n2)c(OCCCCS(=O)(=O)O)cc1N=Nc1cccc(C(=O)O)c1. The Kier molecular flexibility index (Phi) is 13.4. The second-order valence-corrected chi connectivity index (χ2v) is 14.0. The predicted octanol–water partition coefficient (Wildman–Crippen LogP) is 7.46. The summed E-state index contributed by atoms with van der Waals surface area (Å²) in [7, 11) is -2.56. The number of hydrogen-bond donors (Lipinski definition) is 3. The molecule has 1 heterocycles. The fourth-order valence-corrected chi connectivity index (χ4v) is 5.77. The summed E-state index contributed by atoms with van der Waals surface area (Å²) < 4.78 is 37.7. The molecule has 0 radical (unpaired) electrons. The number of carbonyl (C=O) groups is 2. The molecule has 0 aliphatic rings. The quantitative estimate of drug-likeness (QED) is 0.0448. The number of hydrogen-bond acceptors (Lipinski definition) is 13. The van der Waals surface area contributed by atoms with Crippen LogP contribution in [0.3, 0.4) is 0 Å². The van der Waals surface area contributed by atoms with Crippen LogP contribution in [0.5, 0.6) is 5.75 Å². The van der Waals surface area contributed by atoms with Gasteiger partial charge < -0.3 is 19.8 Å². The van der Waals surface area contributed by atoms with Gasteiger partial charge in [-0.25, -0.2) is 9.78 Å². The summed E-state index contributed by atoms with van der Waals surface area (Å²) in [4.78, 5) is 38.3. The Labute approximate surface area is 317 Å². The van der Waals surface area contributed by atoms with Gasteiger partial charge in [-0.15, -0.1) is 0 Å². The number of unbranched alkanes of at least 4 members (excludes halogenated alkanes) is 1. The van der Waals surface area contributed by atoms with Gasteiger partial charge in [-0.2, -0.15) is 38.8 Å². The van der Waals surface area contributed by atoms with Crippen LogP contribution in [0.25, 0.3) is 0 Å². The first-order valence-electron chi connectivity index (χ1n) is 17.0. The van der Waals surface area contributed by atoms with Crippen molar-refractivity contribution in [2.45, 2.75) is 32.6 Å². The van der Waals surface area contributed by atoms with Gasteiger partial charge in [0, 0.05) is 31.5 Å². The second-order valence-electron chi connectivity index (χ2n) is 12.4. The Morgan fingerprint density at radius 1 is 0.764 bits per heavy atom. The Hall–Kier alpha value is -6.46. The number of aromatic nitrogens is 3. The average molecular weight is 767 g/mol. The number of aliphatic carboxylic acids is 1. The third-order valence-corrected chi connectivity index (χ3v) is 8.72. The summed E-state index contributed by atoms with van der Waals surface area (Å²) in [6, 6.07) is 26.3. The maximum absolute atomic E-state index is 11.6. The Balaban J connectivity index is 1.44. The summed E-state index contributed by atoms with van der Waals surface area (Å²) >= 11 is 0. The molecule has 5 rings (SSSR count). The van der Waals surface area contributed by atoms with Gasteiger partial charge in [0.25, 0.3) is 10.1 Å². The molecule has 0 saturated heterocycles. The topological polar surface area (TPSA) is 230 Å².